The predicted octanol–water partition coefficient (Wildman–Crippen LogP) is 4.31. The van der Waals surface area contributed by atoms with Crippen LogP contribution in [0.2, 0.25) is 0 Å². The van der Waals surface area contributed by atoms with Crippen molar-refractivity contribution in [2.45, 2.75) is 26.3 Å². The van der Waals surface area contributed by atoms with Gasteiger partial charge in [-0.25, -0.2) is 4.39 Å². The lowest BCUT2D eigenvalue weighted by Gasteiger charge is -2.29. The fourth-order valence-electron chi connectivity index (χ4n) is 3.42. The number of hydrogen-bond acceptors (Lipinski definition) is 3. The standard InChI is InChI=1S/C23H30FN3OS/c1-2-19-8-10-20(11-9-19)18-27(13-5-12-26-14-16-28-17-15-26)23(29)25-22-7-4-3-6-21(22)24/h3-4,6-11H,2,5,12-18H2,1H3,(H,25,29). The van der Waals surface area contributed by atoms with Gasteiger partial charge in [-0.2, -0.15) is 0 Å². The van der Waals surface area contributed by atoms with Gasteiger partial charge < -0.3 is 15.0 Å². The van der Waals surface area contributed by atoms with E-state index in [1.807, 2.05) is 0 Å². The maximum atomic E-state index is 14.1. The van der Waals surface area contributed by atoms with E-state index in [1.165, 1.54) is 17.2 Å². The number of para-hydroxylation sites is 1. The van der Waals surface area contributed by atoms with Crippen molar-refractivity contribution < 1.29 is 9.13 Å². The lowest BCUT2D eigenvalue weighted by Crippen LogP contribution is -2.40. The fraction of sp³-hybridized carbons (Fsp3) is 0.435. The molecule has 0 spiro atoms. The number of anilines is 1. The molecule has 0 amide bonds. The van der Waals surface area contributed by atoms with Crippen LogP contribution in [0.15, 0.2) is 48.5 Å². The van der Waals surface area contributed by atoms with Crippen LogP contribution in [0.1, 0.15) is 24.5 Å². The molecule has 1 fully saturated rings. The molecule has 0 bridgehead atoms. The molecule has 4 nitrogen and oxygen atoms in total. The molecule has 2 aromatic carbocycles. The Bertz CT molecular complexity index is 778. The summed E-state index contributed by atoms with van der Waals surface area (Å²) in [6.07, 6.45) is 2.02. The van der Waals surface area contributed by atoms with Gasteiger partial charge in [0, 0.05) is 32.7 Å². The Morgan fingerprint density at radius 2 is 1.79 bits per heavy atom. The number of morpholine rings is 1. The Morgan fingerprint density at radius 1 is 1.10 bits per heavy atom. The lowest BCUT2D eigenvalue weighted by atomic mass is 10.1. The van der Waals surface area contributed by atoms with Gasteiger partial charge in [-0.05, 0) is 48.3 Å². The molecular weight excluding hydrogens is 385 g/mol. The molecule has 2 aromatic rings. The molecule has 1 saturated heterocycles. The number of benzene rings is 2. The second kappa shape index (κ2) is 11.2. The van der Waals surface area contributed by atoms with E-state index in [4.69, 9.17) is 17.0 Å². The van der Waals surface area contributed by atoms with E-state index in [-0.39, 0.29) is 5.82 Å². The summed E-state index contributed by atoms with van der Waals surface area (Å²) in [6, 6.07) is 15.3. The highest BCUT2D eigenvalue weighted by Crippen LogP contribution is 2.15. The number of thiocarbonyl (C=S) groups is 1. The highest BCUT2D eigenvalue weighted by Gasteiger charge is 2.15. The van der Waals surface area contributed by atoms with Crippen molar-refractivity contribution in [2.75, 3.05) is 44.7 Å². The zero-order valence-corrected chi connectivity index (χ0v) is 17.9. The molecule has 0 aliphatic carbocycles. The Balaban J connectivity index is 1.63. The molecule has 0 unspecified atom stereocenters. The molecule has 6 heteroatoms. The average Bonchev–Trinajstić information content (AvgIpc) is 2.76. The molecule has 1 heterocycles. The monoisotopic (exact) mass is 415 g/mol. The minimum Gasteiger partial charge on any atom is -0.379 e. The van der Waals surface area contributed by atoms with Crippen molar-refractivity contribution in [3.05, 3.63) is 65.5 Å². The number of ether oxygens (including phenoxy) is 1. The number of rotatable bonds is 8. The van der Waals surface area contributed by atoms with Gasteiger partial charge in [0.25, 0.3) is 0 Å². The third-order valence-electron chi connectivity index (χ3n) is 5.21. The first kappa shape index (κ1) is 21.7. The van der Waals surface area contributed by atoms with Crippen LogP contribution in [-0.4, -0.2) is 54.3 Å². The fourth-order valence-corrected chi connectivity index (χ4v) is 3.69. The maximum Gasteiger partial charge on any atom is 0.173 e. The molecule has 29 heavy (non-hydrogen) atoms. The topological polar surface area (TPSA) is 27.7 Å². The molecule has 1 aliphatic heterocycles. The second-order valence-electron chi connectivity index (χ2n) is 7.31. The lowest BCUT2D eigenvalue weighted by molar-refractivity contribution is 0.0368. The summed E-state index contributed by atoms with van der Waals surface area (Å²) in [5, 5.41) is 3.64. The highest BCUT2D eigenvalue weighted by molar-refractivity contribution is 7.80. The van der Waals surface area contributed by atoms with E-state index in [0.717, 1.165) is 52.2 Å². The first-order chi connectivity index (χ1) is 14.2. The van der Waals surface area contributed by atoms with E-state index in [1.54, 1.807) is 18.2 Å². The molecular formula is C23H30FN3OS. The smallest absolute Gasteiger partial charge is 0.173 e. The van der Waals surface area contributed by atoms with Crippen molar-refractivity contribution in [3.63, 3.8) is 0 Å². The Morgan fingerprint density at radius 3 is 2.48 bits per heavy atom. The van der Waals surface area contributed by atoms with Crippen molar-refractivity contribution in [1.29, 1.82) is 0 Å². The van der Waals surface area contributed by atoms with Crippen LogP contribution < -0.4 is 5.32 Å². The van der Waals surface area contributed by atoms with Gasteiger partial charge in [0.15, 0.2) is 5.11 Å². The third kappa shape index (κ3) is 6.77. The second-order valence-corrected chi connectivity index (χ2v) is 7.70. The number of aryl methyl sites for hydroxylation is 1. The first-order valence-electron chi connectivity index (χ1n) is 10.3. The molecule has 156 valence electrons. The minimum atomic E-state index is -0.296. The SMILES string of the molecule is CCc1ccc(CN(CCCN2CCOCC2)C(=S)Nc2ccccc2F)cc1. The molecule has 0 radical (unpaired) electrons. The van der Waals surface area contributed by atoms with Gasteiger partial charge in [0.2, 0.25) is 0 Å². The van der Waals surface area contributed by atoms with Gasteiger partial charge in [-0.3, -0.25) is 4.90 Å². The minimum absolute atomic E-state index is 0.296. The zero-order valence-electron chi connectivity index (χ0n) is 17.1. The van der Waals surface area contributed by atoms with Crippen LogP contribution >= 0.6 is 12.2 Å². The highest BCUT2D eigenvalue weighted by atomic mass is 32.1. The summed E-state index contributed by atoms with van der Waals surface area (Å²) in [4.78, 5) is 4.55. The summed E-state index contributed by atoms with van der Waals surface area (Å²) in [5.41, 5.74) is 2.93. The van der Waals surface area contributed by atoms with E-state index < -0.39 is 0 Å². The number of hydrogen-bond donors (Lipinski definition) is 1. The quantitative estimate of drug-likeness (QED) is 0.649. The van der Waals surface area contributed by atoms with Crippen molar-refractivity contribution >= 4 is 23.0 Å². The van der Waals surface area contributed by atoms with Crippen molar-refractivity contribution in [3.8, 4) is 0 Å². The van der Waals surface area contributed by atoms with Gasteiger partial charge in [0.05, 0.1) is 18.9 Å². The van der Waals surface area contributed by atoms with Gasteiger partial charge in [0.1, 0.15) is 5.82 Å². The third-order valence-corrected chi connectivity index (χ3v) is 5.57. The molecule has 1 N–H and O–H groups in total. The van der Waals surface area contributed by atoms with E-state index in [9.17, 15) is 4.39 Å². The van der Waals surface area contributed by atoms with Crippen molar-refractivity contribution in [2.24, 2.45) is 0 Å². The summed E-state index contributed by atoms with van der Waals surface area (Å²) in [7, 11) is 0. The molecule has 0 aromatic heterocycles. The normalized spacial score (nSPS) is 14.6. The number of halogens is 1. The summed E-state index contributed by atoms with van der Waals surface area (Å²) >= 11 is 5.65. The summed E-state index contributed by atoms with van der Waals surface area (Å²) in [5.74, 6) is -0.296. The first-order valence-corrected chi connectivity index (χ1v) is 10.7. The van der Waals surface area contributed by atoms with Gasteiger partial charge in [-0.15, -0.1) is 0 Å². The van der Waals surface area contributed by atoms with E-state index >= 15 is 0 Å². The molecule has 3 rings (SSSR count). The number of nitrogens with one attached hydrogen (secondary N) is 1. The van der Waals surface area contributed by atoms with Crippen LogP contribution in [0.3, 0.4) is 0 Å². The Hall–Kier alpha value is -2.02. The van der Waals surface area contributed by atoms with Gasteiger partial charge >= 0.3 is 0 Å². The summed E-state index contributed by atoms with van der Waals surface area (Å²) in [6.45, 7) is 8.26. The van der Waals surface area contributed by atoms with Crippen LogP contribution in [0.4, 0.5) is 10.1 Å². The molecule has 1 aliphatic rings. The van der Waals surface area contributed by atoms with E-state index in [0.29, 0.717) is 17.3 Å². The van der Waals surface area contributed by atoms with Crippen molar-refractivity contribution in [1.82, 2.24) is 9.80 Å². The largest absolute Gasteiger partial charge is 0.379 e. The van der Waals surface area contributed by atoms with E-state index in [2.05, 4.69) is 46.3 Å². The van der Waals surface area contributed by atoms with Crippen LogP contribution in [0.25, 0.3) is 0 Å². The van der Waals surface area contributed by atoms with Crippen LogP contribution in [-0.2, 0) is 17.7 Å². The Kier molecular flexibility index (Phi) is 8.40. The average molecular weight is 416 g/mol. The summed E-state index contributed by atoms with van der Waals surface area (Å²) < 4.78 is 19.5. The number of nitrogens with zero attached hydrogens (tertiary/aromatic N) is 2. The predicted molar refractivity (Wildman–Crippen MR) is 121 cm³/mol. The maximum absolute atomic E-state index is 14.1. The van der Waals surface area contributed by atoms with Crippen LogP contribution in [0.5, 0.6) is 0 Å². The van der Waals surface area contributed by atoms with Crippen LogP contribution in [0, 0.1) is 5.82 Å². The molecule has 0 atom stereocenters. The van der Waals surface area contributed by atoms with Gasteiger partial charge in [-0.1, -0.05) is 43.3 Å². The Labute approximate surface area is 178 Å². The molecule has 0 saturated carbocycles. The zero-order chi connectivity index (χ0) is 20.5.